The molecule has 0 saturated carbocycles. The minimum absolute atomic E-state index is 0.159. The van der Waals surface area contributed by atoms with E-state index in [2.05, 4.69) is 23.8 Å². The Morgan fingerprint density at radius 2 is 1.91 bits per heavy atom. The zero-order chi connectivity index (χ0) is 16.2. The largest absolute Gasteiger partial charge is 0.490 e. The van der Waals surface area contributed by atoms with Crippen molar-refractivity contribution in [3.8, 4) is 22.9 Å². The SMILES string of the molecule is CCOc1cc(-c2nc3ccccc3[nH]2)ccc1OC(C)CC. The normalized spacial score (nSPS) is 12.3. The molecule has 120 valence electrons. The molecule has 4 nitrogen and oxygen atoms in total. The predicted molar refractivity (Wildman–Crippen MR) is 93.1 cm³/mol. The lowest BCUT2D eigenvalue weighted by Gasteiger charge is -2.16. The molecule has 0 aliphatic carbocycles. The number of aromatic amines is 1. The molecule has 0 fully saturated rings. The van der Waals surface area contributed by atoms with Gasteiger partial charge in [-0.2, -0.15) is 0 Å². The van der Waals surface area contributed by atoms with E-state index < -0.39 is 0 Å². The highest BCUT2D eigenvalue weighted by Gasteiger charge is 2.12. The molecule has 0 aliphatic heterocycles. The van der Waals surface area contributed by atoms with Crippen molar-refractivity contribution in [2.24, 2.45) is 0 Å². The van der Waals surface area contributed by atoms with Crippen molar-refractivity contribution < 1.29 is 9.47 Å². The van der Waals surface area contributed by atoms with Gasteiger partial charge in [0.25, 0.3) is 0 Å². The number of nitrogens with one attached hydrogen (secondary N) is 1. The van der Waals surface area contributed by atoms with Gasteiger partial charge in [-0.1, -0.05) is 19.1 Å². The number of fused-ring (bicyclic) bond motifs is 1. The van der Waals surface area contributed by atoms with Crippen molar-refractivity contribution in [1.29, 1.82) is 0 Å². The molecule has 3 rings (SSSR count). The highest BCUT2D eigenvalue weighted by molar-refractivity contribution is 5.79. The zero-order valence-corrected chi connectivity index (χ0v) is 13.8. The van der Waals surface area contributed by atoms with Gasteiger partial charge in [-0.3, -0.25) is 0 Å². The third kappa shape index (κ3) is 3.31. The quantitative estimate of drug-likeness (QED) is 0.711. The molecule has 2 aromatic carbocycles. The summed E-state index contributed by atoms with van der Waals surface area (Å²) < 4.78 is 11.7. The van der Waals surface area contributed by atoms with Crippen LogP contribution in [0.3, 0.4) is 0 Å². The Morgan fingerprint density at radius 1 is 1.09 bits per heavy atom. The van der Waals surface area contributed by atoms with E-state index in [0.29, 0.717) is 6.61 Å². The highest BCUT2D eigenvalue weighted by Crippen LogP contribution is 2.33. The molecule has 0 amide bonds. The molecule has 1 unspecified atom stereocenters. The third-order valence-corrected chi connectivity index (χ3v) is 3.81. The fourth-order valence-corrected chi connectivity index (χ4v) is 2.41. The van der Waals surface area contributed by atoms with E-state index in [1.807, 2.05) is 49.4 Å². The fourth-order valence-electron chi connectivity index (χ4n) is 2.41. The van der Waals surface area contributed by atoms with Gasteiger partial charge in [0, 0.05) is 5.56 Å². The van der Waals surface area contributed by atoms with Crippen LogP contribution in [0.2, 0.25) is 0 Å². The molecule has 3 aromatic rings. The first-order chi connectivity index (χ1) is 11.2. The molecular formula is C19H22N2O2. The number of hydrogen-bond donors (Lipinski definition) is 1. The van der Waals surface area contributed by atoms with Gasteiger partial charge in [-0.15, -0.1) is 0 Å². The second-order valence-electron chi connectivity index (χ2n) is 5.53. The van der Waals surface area contributed by atoms with Gasteiger partial charge in [0.2, 0.25) is 0 Å². The molecule has 4 heteroatoms. The van der Waals surface area contributed by atoms with Crippen molar-refractivity contribution in [2.75, 3.05) is 6.61 Å². The van der Waals surface area contributed by atoms with Gasteiger partial charge in [0.1, 0.15) is 5.82 Å². The minimum atomic E-state index is 0.159. The van der Waals surface area contributed by atoms with Gasteiger partial charge in [-0.05, 0) is 50.6 Å². The summed E-state index contributed by atoms with van der Waals surface area (Å²) in [5.41, 5.74) is 2.97. The number of aromatic nitrogens is 2. The van der Waals surface area contributed by atoms with Crippen molar-refractivity contribution >= 4 is 11.0 Å². The number of para-hydroxylation sites is 2. The van der Waals surface area contributed by atoms with Crippen molar-refractivity contribution in [2.45, 2.75) is 33.3 Å². The Balaban J connectivity index is 1.97. The summed E-state index contributed by atoms with van der Waals surface area (Å²) in [6, 6.07) is 14.0. The van der Waals surface area contributed by atoms with Crippen molar-refractivity contribution in [1.82, 2.24) is 9.97 Å². The number of H-pyrrole nitrogens is 1. The second-order valence-corrected chi connectivity index (χ2v) is 5.53. The summed E-state index contributed by atoms with van der Waals surface area (Å²) in [7, 11) is 0. The van der Waals surface area contributed by atoms with Crippen molar-refractivity contribution in [3.63, 3.8) is 0 Å². The molecule has 1 heterocycles. The molecule has 0 radical (unpaired) electrons. The maximum atomic E-state index is 5.94. The number of rotatable bonds is 6. The van der Waals surface area contributed by atoms with Crippen LogP contribution in [-0.2, 0) is 0 Å². The Morgan fingerprint density at radius 3 is 2.65 bits per heavy atom. The van der Waals surface area contributed by atoms with Gasteiger partial charge in [0.05, 0.1) is 23.7 Å². The van der Waals surface area contributed by atoms with Gasteiger partial charge in [-0.25, -0.2) is 4.98 Å². The van der Waals surface area contributed by atoms with E-state index in [1.54, 1.807) is 0 Å². The Labute approximate surface area is 136 Å². The average Bonchev–Trinajstić information content (AvgIpc) is 3.00. The second kappa shape index (κ2) is 6.73. The summed E-state index contributed by atoms with van der Waals surface area (Å²) in [4.78, 5) is 7.98. The summed E-state index contributed by atoms with van der Waals surface area (Å²) in [5.74, 6) is 2.37. The maximum Gasteiger partial charge on any atom is 0.161 e. The van der Waals surface area contributed by atoms with E-state index in [9.17, 15) is 0 Å². The predicted octanol–water partition coefficient (Wildman–Crippen LogP) is 4.81. The molecule has 1 aromatic heterocycles. The first-order valence-electron chi connectivity index (χ1n) is 8.10. The van der Waals surface area contributed by atoms with Gasteiger partial charge < -0.3 is 14.5 Å². The topological polar surface area (TPSA) is 47.1 Å². The standard InChI is InChI=1S/C19H22N2O2/c1-4-13(3)23-17-11-10-14(12-18(17)22-5-2)19-20-15-8-6-7-9-16(15)21-19/h6-13H,4-5H2,1-3H3,(H,20,21). The smallest absolute Gasteiger partial charge is 0.161 e. The van der Waals surface area contributed by atoms with Crippen LogP contribution >= 0.6 is 0 Å². The molecule has 23 heavy (non-hydrogen) atoms. The number of benzene rings is 2. The Hall–Kier alpha value is -2.49. The molecule has 1 atom stereocenters. The number of ether oxygens (including phenoxy) is 2. The lowest BCUT2D eigenvalue weighted by molar-refractivity contribution is 0.203. The lowest BCUT2D eigenvalue weighted by atomic mass is 10.2. The molecular weight excluding hydrogens is 288 g/mol. The summed E-state index contributed by atoms with van der Waals surface area (Å²) in [6.45, 7) is 6.73. The van der Waals surface area contributed by atoms with E-state index in [4.69, 9.17) is 9.47 Å². The van der Waals surface area contributed by atoms with Crippen LogP contribution in [0.1, 0.15) is 27.2 Å². The summed E-state index contributed by atoms with van der Waals surface area (Å²) in [6.07, 6.45) is 1.11. The van der Waals surface area contributed by atoms with E-state index in [0.717, 1.165) is 40.3 Å². The molecule has 0 aliphatic rings. The van der Waals surface area contributed by atoms with E-state index in [-0.39, 0.29) is 6.10 Å². The maximum absolute atomic E-state index is 5.94. The first kappa shape index (κ1) is 15.4. The lowest BCUT2D eigenvalue weighted by Crippen LogP contribution is -2.10. The summed E-state index contributed by atoms with van der Waals surface area (Å²) in [5, 5.41) is 0. The number of hydrogen-bond acceptors (Lipinski definition) is 3. The number of imidazole rings is 1. The zero-order valence-electron chi connectivity index (χ0n) is 13.8. The Kier molecular flexibility index (Phi) is 4.51. The molecule has 0 saturated heterocycles. The van der Waals surface area contributed by atoms with Crippen LogP contribution in [0.15, 0.2) is 42.5 Å². The molecule has 1 N–H and O–H groups in total. The average molecular weight is 310 g/mol. The molecule has 0 spiro atoms. The van der Waals surface area contributed by atoms with Crippen LogP contribution in [0.4, 0.5) is 0 Å². The van der Waals surface area contributed by atoms with Crippen LogP contribution in [0, 0.1) is 0 Å². The Bertz CT molecular complexity index is 762. The first-order valence-corrected chi connectivity index (χ1v) is 8.10. The van der Waals surface area contributed by atoms with E-state index >= 15 is 0 Å². The van der Waals surface area contributed by atoms with E-state index in [1.165, 1.54) is 0 Å². The van der Waals surface area contributed by atoms with Crippen molar-refractivity contribution in [3.05, 3.63) is 42.5 Å². The number of nitrogens with zero attached hydrogens (tertiary/aromatic N) is 1. The van der Waals surface area contributed by atoms with Crippen LogP contribution < -0.4 is 9.47 Å². The van der Waals surface area contributed by atoms with Crippen LogP contribution in [0.5, 0.6) is 11.5 Å². The third-order valence-electron chi connectivity index (χ3n) is 3.81. The molecule has 0 bridgehead atoms. The van der Waals surface area contributed by atoms with Crippen LogP contribution in [-0.4, -0.2) is 22.7 Å². The van der Waals surface area contributed by atoms with Gasteiger partial charge in [0.15, 0.2) is 11.5 Å². The minimum Gasteiger partial charge on any atom is -0.490 e. The summed E-state index contributed by atoms with van der Waals surface area (Å²) >= 11 is 0. The van der Waals surface area contributed by atoms with Gasteiger partial charge >= 0.3 is 0 Å². The highest BCUT2D eigenvalue weighted by atomic mass is 16.5. The monoisotopic (exact) mass is 310 g/mol. The van der Waals surface area contributed by atoms with Crippen LogP contribution in [0.25, 0.3) is 22.4 Å². The fraction of sp³-hybridized carbons (Fsp3) is 0.316.